The number of carbonyl (C=O) groups excluding carboxylic acids is 1. The van der Waals surface area contributed by atoms with Crippen LogP contribution in [0.25, 0.3) is 0 Å². The SMILES string of the molecule is COc1cc(C(=O)Nc2nc(CN3CC(C)OC(C)C3)cs2)ccc1OC(F)F. The number of thiazole rings is 1. The highest BCUT2D eigenvalue weighted by Crippen LogP contribution is 2.30. The number of hydrogen-bond donors (Lipinski definition) is 1. The summed E-state index contributed by atoms with van der Waals surface area (Å²) in [4.78, 5) is 19.2. The molecule has 0 spiro atoms. The molecule has 0 saturated carbocycles. The molecular formula is C19H23F2N3O4S. The molecule has 10 heteroatoms. The van der Waals surface area contributed by atoms with E-state index in [1.165, 1.54) is 36.6 Å². The standard InChI is InChI=1S/C19H23F2N3O4S/c1-11-7-24(8-12(2)27-11)9-14-10-29-19(22-14)23-17(25)13-4-5-15(28-18(20)21)16(6-13)26-3/h4-6,10-12,18H,7-9H2,1-3H3,(H,22,23,25). The van der Waals surface area contributed by atoms with Crippen LogP contribution in [0.3, 0.4) is 0 Å². The maximum Gasteiger partial charge on any atom is 0.387 e. The quantitative estimate of drug-likeness (QED) is 0.728. The lowest BCUT2D eigenvalue weighted by atomic mass is 10.2. The number of alkyl halides is 2. The molecule has 0 radical (unpaired) electrons. The van der Waals surface area contributed by atoms with Gasteiger partial charge >= 0.3 is 6.61 Å². The second kappa shape index (κ2) is 9.47. The van der Waals surface area contributed by atoms with Gasteiger partial charge in [-0.05, 0) is 32.0 Å². The Balaban J connectivity index is 1.62. The van der Waals surface area contributed by atoms with Crippen molar-refractivity contribution < 1.29 is 27.8 Å². The highest BCUT2D eigenvalue weighted by molar-refractivity contribution is 7.13. The van der Waals surface area contributed by atoms with Crippen molar-refractivity contribution in [2.24, 2.45) is 0 Å². The van der Waals surface area contributed by atoms with Crippen molar-refractivity contribution in [2.45, 2.75) is 39.2 Å². The molecule has 1 fully saturated rings. The lowest BCUT2D eigenvalue weighted by Gasteiger charge is -2.34. The third-order valence-corrected chi connectivity index (χ3v) is 5.10. The average molecular weight is 427 g/mol. The van der Waals surface area contributed by atoms with Gasteiger partial charge in [0, 0.05) is 30.6 Å². The third kappa shape index (κ3) is 5.84. The van der Waals surface area contributed by atoms with Gasteiger partial charge < -0.3 is 14.2 Å². The number of ether oxygens (including phenoxy) is 3. The number of anilines is 1. The lowest BCUT2D eigenvalue weighted by Crippen LogP contribution is -2.44. The predicted octanol–water partition coefficient (Wildman–Crippen LogP) is 3.61. The van der Waals surface area contributed by atoms with Crippen LogP contribution in [-0.4, -0.2) is 54.8 Å². The fraction of sp³-hybridized carbons (Fsp3) is 0.474. The summed E-state index contributed by atoms with van der Waals surface area (Å²) in [6.07, 6.45) is 0.340. The van der Waals surface area contributed by atoms with Gasteiger partial charge in [0.05, 0.1) is 25.0 Å². The zero-order valence-electron chi connectivity index (χ0n) is 16.4. The summed E-state index contributed by atoms with van der Waals surface area (Å²) in [6.45, 7) is 3.45. The zero-order valence-corrected chi connectivity index (χ0v) is 17.2. The number of amides is 1. The van der Waals surface area contributed by atoms with E-state index in [4.69, 9.17) is 9.47 Å². The number of nitrogens with zero attached hydrogens (tertiary/aromatic N) is 2. The molecule has 2 heterocycles. The van der Waals surface area contributed by atoms with E-state index < -0.39 is 12.5 Å². The summed E-state index contributed by atoms with van der Waals surface area (Å²) in [5.74, 6) is -0.501. The average Bonchev–Trinajstić information content (AvgIpc) is 3.07. The van der Waals surface area contributed by atoms with Crippen molar-refractivity contribution >= 4 is 22.4 Å². The molecule has 1 aromatic heterocycles. The Morgan fingerprint density at radius 2 is 2.07 bits per heavy atom. The van der Waals surface area contributed by atoms with Crippen molar-refractivity contribution in [3.63, 3.8) is 0 Å². The number of benzene rings is 1. The molecular weight excluding hydrogens is 404 g/mol. The zero-order chi connectivity index (χ0) is 21.0. The molecule has 7 nitrogen and oxygen atoms in total. The first-order chi connectivity index (χ1) is 13.8. The molecule has 1 amide bonds. The molecule has 1 N–H and O–H groups in total. The van der Waals surface area contributed by atoms with Gasteiger partial charge in [0.25, 0.3) is 5.91 Å². The van der Waals surface area contributed by atoms with Gasteiger partial charge in [-0.15, -0.1) is 11.3 Å². The number of nitrogens with one attached hydrogen (secondary N) is 1. The molecule has 2 unspecified atom stereocenters. The van der Waals surface area contributed by atoms with Crippen LogP contribution in [0.2, 0.25) is 0 Å². The van der Waals surface area contributed by atoms with Gasteiger partial charge in [0.15, 0.2) is 16.6 Å². The number of hydrogen-bond acceptors (Lipinski definition) is 7. The van der Waals surface area contributed by atoms with Crippen LogP contribution in [0, 0.1) is 0 Å². The van der Waals surface area contributed by atoms with Crippen LogP contribution in [0.4, 0.5) is 13.9 Å². The Hall–Kier alpha value is -2.30. The summed E-state index contributed by atoms with van der Waals surface area (Å²) in [5.41, 5.74) is 1.11. The molecule has 1 aromatic carbocycles. The summed E-state index contributed by atoms with van der Waals surface area (Å²) in [5, 5.41) is 5.09. The van der Waals surface area contributed by atoms with E-state index in [0.29, 0.717) is 11.7 Å². The van der Waals surface area contributed by atoms with Crippen molar-refractivity contribution in [1.29, 1.82) is 0 Å². The van der Waals surface area contributed by atoms with Gasteiger partial charge in [0.1, 0.15) is 0 Å². The van der Waals surface area contributed by atoms with Gasteiger partial charge in [0.2, 0.25) is 0 Å². The third-order valence-electron chi connectivity index (χ3n) is 4.29. The summed E-state index contributed by atoms with van der Waals surface area (Å²) < 4.78 is 40.0. The van der Waals surface area contributed by atoms with E-state index in [0.717, 1.165) is 18.8 Å². The van der Waals surface area contributed by atoms with E-state index >= 15 is 0 Å². The van der Waals surface area contributed by atoms with E-state index in [-0.39, 0.29) is 29.3 Å². The van der Waals surface area contributed by atoms with Crippen LogP contribution in [0.1, 0.15) is 29.9 Å². The number of halogens is 2. The van der Waals surface area contributed by atoms with Gasteiger partial charge in [-0.3, -0.25) is 15.0 Å². The second-order valence-corrected chi connectivity index (χ2v) is 7.65. The van der Waals surface area contributed by atoms with E-state index in [1.807, 2.05) is 19.2 Å². The minimum atomic E-state index is -2.98. The Morgan fingerprint density at radius 1 is 1.34 bits per heavy atom. The van der Waals surface area contributed by atoms with Gasteiger partial charge in [-0.1, -0.05) is 0 Å². The molecule has 158 valence electrons. The first-order valence-electron chi connectivity index (χ1n) is 9.10. The topological polar surface area (TPSA) is 72.9 Å². The molecule has 0 aliphatic carbocycles. The van der Waals surface area contributed by atoms with Crippen LogP contribution in [0.5, 0.6) is 11.5 Å². The maximum atomic E-state index is 12.5. The van der Waals surface area contributed by atoms with Crippen molar-refractivity contribution in [2.75, 3.05) is 25.5 Å². The highest BCUT2D eigenvalue weighted by Gasteiger charge is 2.23. The van der Waals surface area contributed by atoms with Crippen LogP contribution < -0.4 is 14.8 Å². The number of aromatic nitrogens is 1. The Labute approximate surface area is 171 Å². The largest absolute Gasteiger partial charge is 0.493 e. The minimum Gasteiger partial charge on any atom is -0.493 e. The number of methoxy groups -OCH3 is 1. The summed E-state index contributed by atoms with van der Waals surface area (Å²) >= 11 is 1.33. The minimum absolute atomic E-state index is 0.0494. The first-order valence-corrected chi connectivity index (χ1v) is 9.98. The fourth-order valence-corrected chi connectivity index (χ4v) is 3.95. The van der Waals surface area contributed by atoms with E-state index in [2.05, 4.69) is 19.9 Å². The van der Waals surface area contributed by atoms with Crippen LogP contribution in [-0.2, 0) is 11.3 Å². The lowest BCUT2D eigenvalue weighted by molar-refractivity contribution is -0.0707. The monoisotopic (exact) mass is 427 g/mol. The first kappa shape index (κ1) is 21.4. The Kier molecular flexibility index (Phi) is 6.99. The Bertz CT molecular complexity index is 839. The molecule has 0 bridgehead atoms. The van der Waals surface area contributed by atoms with Crippen molar-refractivity contribution in [3.8, 4) is 11.5 Å². The van der Waals surface area contributed by atoms with E-state index in [1.54, 1.807) is 0 Å². The predicted molar refractivity (Wildman–Crippen MR) is 105 cm³/mol. The van der Waals surface area contributed by atoms with E-state index in [9.17, 15) is 13.6 Å². The second-order valence-electron chi connectivity index (χ2n) is 6.79. The normalized spacial score (nSPS) is 19.9. The molecule has 1 aliphatic heterocycles. The number of morpholine rings is 1. The molecule has 1 saturated heterocycles. The van der Waals surface area contributed by atoms with Gasteiger partial charge in [-0.2, -0.15) is 8.78 Å². The summed E-state index contributed by atoms with van der Waals surface area (Å²) in [6, 6.07) is 4.01. The van der Waals surface area contributed by atoms with Crippen LogP contribution >= 0.6 is 11.3 Å². The molecule has 1 aliphatic rings. The number of rotatable bonds is 7. The summed E-state index contributed by atoms with van der Waals surface area (Å²) in [7, 11) is 1.32. The van der Waals surface area contributed by atoms with Crippen molar-refractivity contribution in [1.82, 2.24) is 9.88 Å². The number of carbonyl (C=O) groups is 1. The fourth-order valence-electron chi connectivity index (χ4n) is 3.25. The van der Waals surface area contributed by atoms with Crippen LogP contribution in [0.15, 0.2) is 23.6 Å². The molecule has 2 atom stereocenters. The maximum absolute atomic E-state index is 12.5. The van der Waals surface area contributed by atoms with Gasteiger partial charge in [-0.25, -0.2) is 4.98 Å². The molecule has 3 rings (SSSR count). The van der Waals surface area contributed by atoms with Crippen molar-refractivity contribution in [3.05, 3.63) is 34.8 Å². The smallest absolute Gasteiger partial charge is 0.387 e. The molecule has 2 aromatic rings. The molecule has 29 heavy (non-hydrogen) atoms. The highest BCUT2D eigenvalue weighted by atomic mass is 32.1. The Morgan fingerprint density at radius 3 is 2.72 bits per heavy atom.